The maximum atomic E-state index is 14.7. The fourth-order valence-corrected chi connectivity index (χ4v) is 6.80. The van der Waals surface area contributed by atoms with Crippen molar-refractivity contribution in [3.8, 4) is 11.5 Å². The van der Waals surface area contributed by atoms with E-state index in [-0.39, 0.29) is 41.2 Å². The molecule has 0 aromatic heterocycles. The lowest BCUT2D eigenvalue weighted by molar-refractivity contribution is -0.140. The first-order valence-electron chi connectivity index (χ1n) is 15.7. The predicted octanol–water partition coefficient (Wildman–Crippen LogP) is 6.52. The molecule has 4 aromatic rings. The van der Waals surface area contributed by atoms with Gasteiger partial charge >= 0.3 is 0 Å². The van der Waals surface area contributed by atoms with Crippen molar-refractivity contribution in [3.05, 3.63) is 118 Å². The highest BCUT2D eigenvalue weighted by Gasteiger charge is 2.36. The van der Waals surface area contributed by atoms with Crippen molar-refractivity contribution in [2.75, 3.05) is 25.1 Å². The van der Waals surface area contributed by atoms with Crippen LogP contribution in [0, 0.1) is 6.92 Å². The van der Waals surface area contributed by atoms with Crippen molar-refractivity contribution < 1.29 is 27.5 Å². The van der Waals surface area contributed by atoms with E-state index >= 15 is 0 Å². The number of methoxy groups -OCH3 is 2. The van der Waals surface area contributed by atoms with Crippen LogP contribution in [0.2, 0.25) is 0 Å². The van der Waals surface area contributed by atoms with Gasteiger partial charge in [-0.25, -0.2) is 8.42 Å². The first-order valence-corrected chi connectivity index (χ1v) is 17.9. The number of sulfonamides is 1. The first-order chi connectivity index (χ1) is 23.0. The van der Waals surface area contributed by atoms with Crippen LogP contribution in [0.25, 0.3) is 0 Å². The van der Waals surface area contributed by atoms with Crippen LogP contribution in [0.4, 0.5) is 5.69 Å². The SMILES string of the molecule is CC[C@@H](C)NC(=O)[C@H](Cc1ccccc1)N(Cc1ccc(Br)cc1)C(=O)CN(c1cc(OC)ccc1OC)S(=O)(=O)c1ccc(C)cc1. The van der Waals surface area contributed by atoms with Gasteiger partial charge in [0, 0.05) is 29.5 Å². The summed E-state index contributed by atoms with van der Waals surface area (Å²) in [6.07, 6.45) is 0.918. The van der Waals surface area contributed by atoms with E-state index in [1.54, 1.807) is 24.3 Å². The monoisotopic (exact) mass is 735 g/mol. The van der Waals surface area contributed by atoms with E-state index in [0.717, 1.165) is 25.5 Å². The number of hydrogen-bond acceptors (Lipinski definition) is 6. The van der Waals surface area contributed by atoms with Gasteiger partial charge in [0.1, 0.15) is 24.1 Å². The minimum absolute atomic E-state index is 0.000539. The number of amides is 2. The Kier molecular flexibility index (Phi) is 12.7. The average Bonchev–Trinajstić information content (AvgIpc) is 3.09. The standard InChI is InChI=1S/C37H42BrN3O6S/c1-6-27(3)39-37(43)34(22-28-10-8-7-9-11-28)40(24-29-14-16-30(38)17-15-29)36(42)25-41(33-23-31(46-4)18-21-35(33)47-5)48(44,45)32-19-12-26(2)13-20-32/h7-21,23,27,34H,6,22,24-25H2,1-5H3,(H,39,43)/t27-,34+/m1/s1. The van der Waals surface area contributed by atoms with E-state index in [2.05, 4.69) is 21.2 Å². The molecule has 0 aliphatic heterocycles. The quantitative estimate of drug-likeness (QED) is 0.149. The summed E-state index contributed by atoms with van der Waals surface area (Å²) in [6, 6.07) is 27.0. The molecule has 0 unspecified atom stereocenters. The molecular formula is C37H42BrN3O6S. The number of carbonyl (C=O) groups excluding carboxylic acids is 2. The van der Waals surface area contributed by atoms with E-state index in [9.17, 15) is 18.0 Å². The van der Waals surface area contributed by atoms with Crippen molar-refractivity contribution in [1.29, 1.82) is 0 Å². The number of anilines is 1. The Morgan fingerprint density at radius 2 is 1.54 bits per heavy atom. The summed E-state index contributed by atoms with van der Waals surface area (Å²) in [4.78, 5) is 30.2. The lowest BCUT2D eigenvalue weighted by Crippen LogP contribution is -2.54. The zero-order valence-corrected chi connectivity index (χ0v) is 30.3. The molecule has 4 aromatic carbocycles. The van der Waals surface area contributed by atoms with Gasteiger partial charge in [0.2, 0.25) is 11.8 Å². The van der Waals surface area contributed by atoms with Crippen LogP contribution < -0.4 is 19.1 Å². The van der Waals surface area contributed by atoms with E-state index in [0.29, 0.717) is 12.2 Å². The second kappa shape index (κ2) is 16.7. The van der Waals surface area contributed by atoms with Gasteiger partial charge in [-0.05, 0) is 67.8 Å². The molecular weight excluding hydrogens is 694 g/mol. The molecule has 0 saturated heterocycles. The minimum atomic E-state index is -4.32. The highest BCUT2D eigenvalue weighted by molar-refractivity contribution is 9.10. The molecule has 0 heterocycles. The number of rotatable bonds is 15. The van der Waals surface area contributed by atoms with E-state index in [4.69, 9.17) is 9.47 Å². The smallest absolute Gasteiger partial charge is 0.264 e. The predicted molar refractivity (Wildman–Crippen MR) is 192 cm³/mol. The third-order valence-corrected chi connectivity index (χ3v) is 10.4. The zero-order chi connectivity index (χ0) is 34.8. The molecule has 254 valence electrons. The Balaban J connectivity index is 1.87. The molecule has 0 radical (unpaired) electrons. The topological polar surface area (TPSA) is 105 Å². The summed E-state index contributed by atoms with van der Waals surface area (Å²) in [6.45, 7) is 5.18. The Bertz CT molecular complexity index is 1780. The second-order valence-electron chi connectivity index (χ2n) is 11.5. The fraction of sp³-hybridized carbons (Fsp3) is 0.297. The fourth-order valence-electron chi connectivity index (χ4n) is 5.12. The van der Waals surface area contributed by atoms with Crippen molar-refractivity contribution in [3.63, 3.8) is 0 Å². The highest BCUT2D eigenvalue weighted by atomic mass is 79.9. The Morgan fingerprint density at radius 3 is 2.15 bits per heavy atom. The molecule has 1 N–H and O–H groups in total. The number of carbonyl (C=O) groups is 2. The zero-order valence-electron chi connectivity index (χ0n) is 27.9. The van der Waals surface area contributed by atoms with Gasteiger partial charge in [-0.15, -0.1) is 0 Å². The second-order valence-corrected chi connectivity index (χ2v) is 14.3. The van der Waals surface area contributed by atoms with Crippen molar-refractivity contribution in [2.45, 2.75) is 57.1 Å². The maximum Gasteiger partial charge on any atom is 0.264 e. The Morgan fingerprint density at radius 1 is 0.875 bits per heavy atom. The van der Waals surface area contributed by atoms with Gasteiger partial charge < -0.3 is 19.7 Å². The number of nitrogens with zero attached hydrogens (tertiary/aromatic N) is 2. The van der Waals surface area contributed by atoms with Crippen LogP contribution in [0.1, 0.15) is 37.0 Å². The van der Waals surface area contributed by atoms with Crippen LogP contribution in [0.15, 0.2) is 106 Å². The van der Waals surface area contributed by atoms with Crippen LogP contribution >= 0.6 is 15.9 Å². The minimum Gasteiger partial charge on any atom is -0.497 e. The van der Waals surface area contributed by atoms with Gasteiger partial charge in [0.15, 0.2) is 0 Å². The Labute approximate surface area is 292 Å². The van der Waals surface area contributed by atoms with E-state index in [1.165, 1.54) is 37.3 Å². The lowest BCUT2D eigenvalue weighted by Gasteiger charge is -2.34. The molecule has 9 nitrogen and oxygen atoms in total. The number of benzene rings is 4. The number of ether oxygens (including phenoxy) is 2. The van der Waals surface area contributed by atoms with Gasteiger partial charge in [-0.2, -0.15) is 0 Å². The molecule has 0 aliphatic rings. The normalized spacial score (nSPS) is 12.5. The maximum absolute atomic E-state index is 14.7. The Hall–Kier alpha value is -4.35. The summed E-state index contributed by atoms with van der Waals surface area (Å²) in [7, 11) is -1.42. The molecule has 11 heteroatoms. The largest absolute Gasteiger partial charge is 0.497 e. The number of nitrogens with one attached hydrogen (secondary N) is 1. The molecule has 0 bridgehead atoms. The molecule has 2 atom stereocenters. The molecule has 0 saturated carbocycles. The van der Waals surface area contributed by atoms with Crippen LogP contribution in [-0.4, -0.2) is 58.0 Å². The van der Waals surface area contributed by atoms with Crippen molar-refractivity contribution in [1.82, 2.24) is 10.2 Å². The molecule has 4 rings (SSSR count). The number of aryl methyl sites for hydroxylation is 1. The summed E-state index contributed by atoms with van der Waals surface area (Å²) >= 11 is 3.46. The number of halogens is 1. The first kappa shape index (κ1) is 36.5. The molecule has 48 heavy (non-hydrogen) atoms. The molecule has 2 amide bonds. The summed E-state index contributed by atoms with van der Waals surface area (Å²) in [5.74, 6) is -0.290. The van der Waals surface area contributed by atoms with Crippen LogP contribution in [-0.2, 0) is 32.6 Å². The van der Waals surface area contributed by atoms with Crippen molar-refractivity contribution >= 4 is 43.5 Å². The van der Waals surface area contributed by atoms with Crippen molar-refractivity contribution in [2.24, 2.45) is 0 Å². The summed E-state index contributed by atoms with van der Waals surface area (Å²) in [5.41, 5.74) is 2.63. The van der Waals surface area contributed by atoms with E-state index < -0.39 is 28.5 Å². The van der Waals surface area contributed by atoms with Crippen LogP contribution in [0.3, 0.4) is 0 Å². The molecule has 0 spiro atoms. The van der Waals surface area contributed by atoms with Gasteiger partial charge in [-0.1, -0.05) is 83.0 Å². The highest BCUT2D eigenvalue weighted by Crippen LogP contribution is 2.36. The lowest BCUT2D eigenvalue weighted by atomic mass is 10.0. The number of hydrogen-bond donors (Lipinski definition) is 1. The van der Waals surface area contributed by atoms with Gasteiger partial charge in [0.05, 0.1) is 24.8 Å². The van der Waals surface area contributed by atoms with Crippen LogP contribution in [0.5, 0.6) is 11.5 Å². The third kappa shape index (κ3) is 9.17. The third-order valence-electron chi connectivity index (χ3n) is 8.08. The van der Waals surface area contributed by atoms with E-state index in [1.807, 2.05) is 75.4 Å². The molecule has 0 aliphatic carbocycles. The molecule has 0 fully saturated rings. The summed E-state index contributed by atoms with van der Waals surface area (Å²) < 4.78 is 41.8. The summed E-state index contributed by atoms with van der Waals surface area (Å²) in [5, 5.41) is 3.05. The average molecular weight is 737 g/mol. The van der Waals surface area contributed by atoms with Gasteiger partial charge in [0.25, 0.3) is 10.0 Å². The van der Waals surface area contributed by atoms with Gasteiger partial charge in [-0.3, -0.25) is 13.9 Å².